The summed E-state index contributed by atoms with van der Waals surface area (Å²) in [5.74, 6) is -0.382. The molecule has 2 aromatic carbocycles. The Morgan fingerprint density at radius 3 is 2.76 bits per heavy atom. The number of nitrogens with zero attached hydrogens (tertiary/aromatic N) is 2. The van der Waals surface area contributed by atoms with Crippen LogP contribution in [0.25, 0.3) is 22.1 Å². The van der Waals surface area contributed by atoms with E-state index in [4.69, 9.17) is 16.0 Å². The number of amides is 1. The molecule has 4 rings (SSSR count). The molecule has 2 heterocycles. The molecule has 0 saturated heterocycles. The first-order chi connectivity index (χ1) is 12.1. The van der Waals surface area contributed by atoms with Gasteiger partial charge in [0.2, 0.25) is 11.5 Å². The Labute approximate surface area is 146 Å². The van der Waals surface area contributed by atoms with Crippen molar-refractivity contribution in [1.29, 1.82) is 0 Å². The summed E-state index contributed by atoms with van der Waals surface area (Å²) in [4.78, 5) is 29.1. The Balaban J connectivity index is 1.67. The van der Waals surface area contributed by atoms with Crippen LogP contribution in [0.4, 0.5) is 5.69 Å². The third-order valence-corrected chi connectivity index (χ3v) is 4.14. The number of carbonyl (C=O) groups is 1. The highest BCUT2D eigenvalue weighted by molar-refractivity contribution is 6.33. The van der Waals surface area contributed by atoms with Crippen molar-refractivity contribution >= 4 is 45.3 Å². The molecule has 7 heteroatoms. The zero-order valence-electron chi connectivity index (χ0n) is 12.9. The average molecular weight is 354 g/mol. The number of anilines is 1. The first-order valence-corrected chi connectivity index (χ1v) is 7.92. The van der Waals surface area contributed by atoms with Crippen LogP contribution in [0.5, 0.6) is 0 Å². The van der Waals surface area contributed by atoms with Gasteiger partial charge in [-0.1, -0.05) is 35.9 Å². The second-order valence-electron chi connectivity index (χ2n) is 5.48. The summed E-state index contributed by atoms with van der Waals surface area (Å²) in [5.41, 5.74) is 1.29. The lowest BCUT2D eigenvalue weighted by atomic mass is 10.2. The van der Waals surface area contributed by atoms with Crippen LogP contribution in [0, 0.1) is 0 Å². The van der Waals surface area contributed by atoms with E-state index in [0.717, 1.165) is 5.39 Å². The first-order valence-electron chi connectivity index (χ1n) is 7.54. The largest absolute Gasteiger partial charge is 0.448 e. The summed E-state index contributed by atoms with van der Waals surface area (Å²) in [7, 11) is 0. The van der Waals surface area contributed by atoms with Crippen molar-refractivity contribution in [1.82, 2.24) is 9.55 Å². The van der Waals surface area contributed by atoms with Gasteiger partial charge < -0.3 is 9.73 Å². The molecule has 1 amide bonds. The molecule has 0 atom stereocenters. The van der Waals surface area contributed by atoms with Crippen molar-refractivity contribution in [3.8, 4) is 0 Å². The Kier molecular flexibility index (Phi) is 3.74. The van der Waals surface area contributed by atoms with Crippen molar-refractivity contribution in [3.63, 3.8) is 0 Å². The molecule has 0 spiro atoms. The Morgan fingerprint density at radius 1 is 1.16 bits per heavy atom. The number of para-hydroxylation sites is 2. The van der Waals surface area contributed by atoms with E-state index in [1.165, 1.54) is 10.9 Å². The predicted molar refractivity (Wildman–Crippen MR) is 95.9 cm³/mol. The quantitative estimate of drug-likeness (QED) is 0.612. The molecule has 0 aliphatic rings. The molecule has 2 aromatic heterocycles. The molecule has 4 aromatic rings. The molecule has 0 bridgehead atoms. The predicted octanol–water partition coefficient (Wildman–Crippen LogP) is 3.43. The van der Waals surface area contributed by atoms with Gasteiger partial charge in [-0.15, -0.1) is 0 Å². The van der Waals surface area contributed by atoms with Crippen molar-refractivity contribution in [2.75, 3.05) is 5.32 Å². The Morgan fingerprint density at radius 2 is 1.92 bits per heavy atom. The summed E-state index contributed by atoms with van der Waals surface area (Å²) in [6.07, 6.45) is 1.35. The summed E-state index contributed by atoms with van der Waals surface area (Å²) < 4.78 is 6.80. The highest BCUT2D eigenvalue weighted by Gasteiger charge is 2.14. The summed E-state index contributed by atoms with van der Waals surface area (Å²) in [5, 5.41) is 3.86. The Hall–Kier alpha value is -3.12. The van der Waals surface area contributed by atoms with Crippen LogP contribution in [0.1, 0.15) is 0 Å². The lowest BCUT2D eigenvalue weighted by molar-refractivity contribution is -0.116. The van der Waals surface area contributed by atoms with E-state index in [-0.39, 0.29) is 18.0 Å². The number of fused-ring (bicyclic) bond motifs is 3. The van der Waals surface area contributed by atoms with E-state index in [1.54, 1.807) is 30.3 Å². The standard InChI is InChI=1S/C18H12ClN3O3/c19-12-6-2-3-7-13(12)21-15(23)9-22-10-20-16-11-5-1-4-8-14(11)25-17(16)18(22)24/h1-8,10H,9H2,(H,21,23). The second-order valence-corrected chi connectivity index (χ2v) is 5.89. The fourth-order valence-electron chi connectivity index (χ4n) is 2.63. The highest BCUT2D eigenvalue weighted by atomic mass is 35.5. The van der Waals surface area contributed by atoms with Gasteiger partial charge in [0.1, 0.15) is 17.6 Å². The minimum Gasteiger partial charge on any atom is -0.448 e. The van der Waals surface area contributed by atoms with Crippen molar-refractivity contribution < 1.29 is 9.21 Å². The molecule has 0 radical (unpaired) electrons. The molecule has 0 aliphatic carbocycles. The number of furan rings is 1. The van der Waals surface area contributed by atoms with Crippen LogP contribution >= 0.6 is 11.6 Å². The zero-order valence-corrected chi connectivity index (χ0v) is 13.7. The molecule has 25 heavy (non-hydrogen) atoms. The van der Waals surface area contributed by atoms with Gasteiger partial charge in [0.25, 0.3) is 5.56 Å². The molecule has 0 aliphatic heterocycles. The van der Waals surface area contributed by atoms with Gasteiger partial charge in [0.15, 0.2) is 0 Å². The van der Waals surface area contributed by atoms with E-state index >= 15 is 0 Å². The van der Waals surface area contributed by atoms with Gasteiger partial charge in [-0.05, 0) is 24.3 Å². The maximum Gasteiger partial charge on any atom is 0.297 e. The SMILES string of the molecule is O=C(Cn1cnc2c(oc3ccccc32)c1=O)Nc1ccccc1Cl. The van der Waals surface area contributed by atoms with Crippen LogP contribution < -0.4 is 10.9 Å². The van der Waals surface area contributed by atoms with Crippen molar-refractivity contribution in [3.05, 3.63) is 70.2 Å². The van der Waals surface area contributed by atoms with Gasteiger partial charge >= 0.3 is 0 Å². The van der Waals surface area contributed by atoms with E-state index in [9.17, 15) is 9.59 Å². The third-order valence-electron chi connectivity index (χ3n) is 3.81. The van der Waals surface area contributed by atoms with E-state index < -0.39 is 5.56 Å². The number of rotatable bonds is 3. The monoisotopic (exact) mass is 353 g/mol. The number of hydrogen-bond donors (Lipinski definition) is 1. The third kappa shape index (κ3) is 2.77. The van der Waals surface area contributed by atoms with Gasteiger partial charge in [-0.2, -0.15) is 0 Å². The van der Waals surface area contributed by atoms with Gasteiger partial charge in [-0.3, -0.25) is 14.2 Å². The molecule has 0 fully saturated rings. The van der Waals surface area contributed by atoms with Crippen molar-refractivity contribution in [2.45, 2.75) is 6.54 Å². The summed E-state index contributed by atoms with van der Waals surface area (Å²) >= 11 is 6.02. The number of nitrogens with one attached hydrogen (secondary N) is 1. The number of aromatic nitrogens is 2. The van der Waals surface area contributed by atoms with Crippen molar-refractivity contribution in [2.24, 2.45) is 0 Å². The number of carbonyl (C=O) groups excluding carboxylic acids is 1. The summed E-state index contributed by atoms with van der Waals surface area (Å²) in [6.45, 7) is -0.190. The van der Waals surface area contributed by atoms with Gasteiger partial charge in [0, 0.05) is 5.39 Å². The topological polar surface area (TPSA) is 77.1 Å². The number of benzene rings is 2. The number of halogens is 1. The molecule has 124 valence electrons. The van der Waals surface area contributed by atoms with E-state index in [2.05, 4.69) is 10.3 Å². The van der Waals surface area contributed by atoms with E-state index in [0.29, 0.717) is 21.8 Å². The zero-order chi connectivity index (χ0) is 17.4. The van der Waals surface area contributed by atoms with Crippen LogP contribution in [0.2, 0.25) is 5.02 Å². The van der Waals surface area contributed by atoms with Crippen LogP contribution in [-0.2, 0) is 11.3 Å². The highest BCUT2D eigenvalue weighted by Crippen LogP contribution is 2.24. The minimum absolute atomic E-state index is 0.134. The van der Waals surface area contributed by atoms with Gasteiger partial charge in [-0.25, -0.2) is 4.98 Å². The lowest BCUT2D eigenvalue weighted by Crippen LogP contribution is -2.27. The maximum absolute atomic E-state index is 12.6. The number of hydrogen-bond acceptors (Lipinski definition) is 4. The van der Waals surface area contributed by atoms with Gasteiger partial charge in [0.05, 0.1) is 17.0 Å². The molecule has 0 unspecified atom stereocenters. The fourth-order valence-corrected chi connectivity index (χ4v) is 2.82. The molecular weight excluding hydrogens is 342 g/mol. The smallest absolute Gasteiger partial charge is 0.297 e. The molecular formula is C18H12ClN3O3. The summed E-state index contributed by atoms with van der Waals surface area (Å²) in [6, 6.07) is 14.2. The van der Waals surface area contributed by atoms with Crippen LogP contribution in [-0.4, -0.2) is 15.5 Å². The molecule has 6 nitrogen and oxygen atoms in total. The second kappa shape index (κ2) is 6.07. The van der Waals surface area contributed by atoms with E-state index in [1.807, 2.05) is 18.2 Å². The fraction of sp³-hybridized carbons (Fsp3) is 0.0556. The molecule has 1 N–H and O–H groups in total. The first kappa shape index (κ1) is 15.4. The van der Waals surface area contributed by atoms with Crippen LogP contribution in [0.3, 0.4) is 0 Å². The maximum atomic E-state index is 12.6. The molecule has 0 saturated carbocycles. The average Bonchev–Trinajstić information content (AvgIpc) is 2.99. The van der Waals surface area contributed by atoms with Crippen LogP contribution in [0.15, 0.2) is 64.1 Å². The lowest BCUT2D eigenvalue weighted by Gasteiger charge is -2.08. The normalized spacial score (nSPS) is 11.1. The Bertz CT molecular complexity index is 1160. The minimum atomic E-state index is -0.407.